The zero-order chi connectivity index (χ0) is 19.9. The lowest BCUT2D eigenvalue weighted by Crippen LogP contribution is -2.47. The number of likely N-dealkylation sites (tertiary alicyclic amines) is 1. The number of nitrogens with zero attached hydrogens (tertiary/aromatic N) is 4. The highest BCUT2D eigenvalue weighted by molar-refractivity contribution is 5.74. The van der Waals surface area contributed by atoms with Gasteiger partial charge in [0.1, 0.15) is 5.60 Å². The number of amides is 1. The number of carbonyl (C=O) groups excluding carboxylic acids is 1. The molecule has 27 heavy (non-hydrogen) atoms. The summed E-state index contributed by atoms with van der Waals surface area (Å²) in [6, 6.07) is 1.64. The molecule has 0 saturated carbocycles. The molecule has 0 bridgehead atoms. The standard InChI is InChI=1S/C19H26N4O4/c1-12-6-9-20-15-14(12)21(5)16(24)17(25)23(15)13-7-10-22(11-8-13)18(26)27-19(2,3)4/h6,9,13H,7-8,10-11H2,1-5H3. The van der Waals surface area contributed by atoms with Crippen LogP contribution in [0.1, 0.15) is 45.2 Å². The van der Waals surface area contributed by atoms with Crippen molar-refractivity contribution in [3.05, 3.63) is 38.5 Å². The maximum absolute atomic E-state index is 12.7. The van der Waals surface area contributed by atoms with Crippen molar-refractivity contribution in [1.82, 2.24) is 19.0 Å². The minimum atomic E-state index is -0.571. The monoisotopic (exact) mass is 374 g/mol. The van der Waals surface area contributed by atoms with Gasteiger partial charge in [0.2, 0.25) is 0 Å². The number of aryl methyl sites for hydroxylation is 2. The van der Waals surface area contributed by atoms with E-state index in [1.807, 2.05) is 33.8 Å². The van der Waals surface area contributed by atoms with Gasteiger partial charge in [0.25, 0.3) is 0 Å². The molecule has 1 amide bonds. The van der Waals surface area contributed by atoms with Crippen LogP contribution in [0.15, 0.2) is 21.9 Å². The Kier molecular flexibility index (Phi) is 4.84. The number of rotatable bonds is 1. The van der Waals surface area contributed by atoms with Gasteiger partial charge in [0.15, 0.2) is 5.65 Å². The molecule has 1 saturated heterocycles. The third-order valence-electron chi connectivity index (χ3n) is 4.86. The lowest BCUT2D eigenvalue weighted by atomic mass is 10.0. The molecule has 1 fully saturated rings. The largest absolute Gasteiger partial charge is 0.444 e. The van der Waals surface area contributed by atoms with E-state index in [1.165, 1.54) is 9.13 Å². The van der Waals surface area contributed by atoms with E-state index in [4.69, 9.17) is 4.74 Å². The second-order valence-corrected chi connectivity index (χ2v) is 8.04. The average Bonchev–Trinajstić information content (AvgIpc) is 2.59. The number of carbonyl (C=O) groups is 1. The molecule has 0 unspecified atom stereocenters. The number of aromatic nitrogens is 3. The first-order chi connectivity index (χ1) is 12.6. The number of piperidine rings is 1. The van der Waals surface area contributed by atoms with Gasteiger partial charge in [0, 0.05) is 32.4 Å². The summed E-state index contributed by atoms with van der Waals surface area (Å²) in [5, 5.41) is 0. The molecule has 146 valence electrons. The summed E-state index contributed by atoms with van der Waals surface area (Å²) in [5.41, 5.74) is 0.384. The summed E-state index contributed by atoms with van der Waals surface area (Å²) in [4.78, 5) is 43.4. The van der Waals surface area contributed by atoms with Crippen LogP contribution in [0.25, 0.3) is 11.2 Å². The lowest BCUT2D eigenvalue weighted by Gasteiger charge is -2.34. The van der Waals surface area contributed by atoms with Crippen LogP contribution in [0.5, 0.6) is 0 Å². The molecule has 8 heteroatoms. The number of ether oxygens (including phenoxy) is 1. The Morgan fingerprint density at radius 1 is 1.19 bits per heavy atom. The topological polar surface area (TPSA) is 86.4 Å². The van der Waals surface area contributed by atoms with Crippen LogP contribution < -0.4 is 11.1 Å². The SMILES string of the molecule is Cc1ccnc2c1n(C)c(=O)c(=O)n2C1CCN(C(=O)OC(C)(C)C)CC1. The Morgan fingerprint density at radius 3 is 2.41 bits per heavy atom. The Labute approximate surface area is 157 Å². The third kappa shape index (κ3) is 3.61. The maximum atomic E-state index is 12.7. The minimum absolute atomic E-state index is 0.179. The zero-order valence-corrected chi connectivity index (χ0v) is 16.5. The van der Waals surface area contributed by atoms with Gasteiger partial charge in [-0.1, -0.05) is 0 Å². The van der Waals surface area contributed by atoms with Gasteiger partial charge < -0.3 is 14.2 Å². The zero-order valence-electron chi connectivity index (χ0n) is 16.5. The van der Waals surface area contributed by atoms with Gasteiger partial charge in [-0.25, -0.2) is 9.78 Å². The molecular weight excluding hydrogens is 348 g/mol. The lowest BCUT2D eigenvalue weighted by molar-refractivity contribution is 0.0188. The molecule has 0 aliphatic carbocycles. The van der Waals surface area contributed by atoms with Crippen LogP contribution in [0.2, 0.25) is 0 Å². The van der Waals surface area contributed by atoms with Crippen LogP contribution in [0.4, 0.5) is 4.79 Å². The fourth-order valence-electron chi connectivity index (χ4n) is 3.54. The smallest absolute Gasteiger partial charge is 0.410 e. The highest BCUT2D eigenvalue weighted by Gasteiger charge is 2.29. The number of hydrogen-bond donors (Lipinski definition) is 0. The van der Waals surface area contributed by atoms with E-state index < -0.39 is 16.7 Å². The van der Waals surface area contributed by atoms with Gasteiger partial charge in [-0.05, 0) is 52.2 Å². The quantitative estimate of drug-likeness (QED) is 0.713. The highest BCUT2D eigenvalue weighted by atomic mass is 16.6. The van der Waals surface area contributed by atoms with E-state index in [0.717, 1.165) is 5.56 Å². The molecule has 1 aliphatic rings. The molecule has 2 aromatic rings. The van der Waals surface area contributed by atoms with Crippen molar-refractivity contribution in [2.45, 2.75) is 52.2 Å². The van der Waals surface area contributed by atoms with Gasteiger partial charge in [-0.2, -0.15) is 0 Å². The van der Waals surface area contributed by atoms with Gasteiger partial charge in [-0.3, -0.25) is 14.2 Å². The van der Waals surface area contributed by atoms with Crippen molar-refractivity contribution < 1.29 is 9.53 Å². The van der Waals surface area contributed by atoms with Crippen LogP contribution in [-0.2, 0) is 11.8 Å². The number of fused-ring (bicyclic) bond motifs is 1. The van der Waals surface area contributed by atoms with Crippen molar-refractivity contribution in [3.63, 3.8) is 0 Å². The number of pyridine rings is 1. The predicted molar refractivity (Wildman–Crippen MR) is 102 cm³/mol. The van der Waals surface area contributed by atoms with Crippen molar-refractivity contribution in [3.8, 4) is 0 Å². The highest BCUT2D eigenvalue weighted by Crippen LogP contribution is 2.25. The summed E-state index contributed by atoms with van der Waals surface area (Å²) in [6.45, 7) is 8.32. The summed E-state index contributed by atoms with van der Waals surface area (Å²) >= 11 is 0. The molecule has 0 spiro atoms. The van der Waals surface area contributed by atoms with Gasteiger partial charge in [0.05, 0.1) is 5.52 Å². The third-order valence-corrected chi connectivity index (χ3v) is 4.86. The fraction of sp³-hybridized carbons (Fsp3) is 0.579. The first-order valence-electron chi connectivity index (χ1n) is 9.15. The van der Waals surface area contributed by atoms with Gasteiger partial charge in [-0.15, -0.1) is 0 Å². The van der Waals surface area contributed by atoms with Crippen LogP contribution >= 0.6 is 0 Å². The van der Waals surface area contributed by atoms with E-state index in [-0.39, 0.29) is 12.1 Å². The summed E-state index contributed by atoms with van der Waals surface area (Å²) in [5.74, 6) is 0. The van der Waals surface area contributed by atoms with Crippen molar-refractivity contribution in [2.24, 2.45) is 7.05 Å². The Bertz CT molecular complexity index is 992. The maximum Gasteiger partial charge on any atom is 0.410 e. The van der Waals surface area contributed by atoms with Crippen molar-refractivity contribution in [1.29, 1.82) is 0 Å². The molecule has 0 atom stereocenters. The molecule has 1 aliphatic heterocycles. The molecule has 2 aromatic heterocycles. The van der Waals surface area contributed by atoms with Crippen molar-refractivity contribution in [2.75, 3.05) is 13.1 Å². The average molecular weight is 374 g/mol. The number of hydrogen-bond acceptors (Lipinski definition) is 5. The molecule has 3 rings (SSSR count). The van der Waals surface area contributed by atoms with Crippen LogP contribution in [0, 0.1) is 6.92 Å². The van der Waals surface area contributed by atoms with Gasteiger partial charge >= 0.3 is 17.2 Å². The fourth-order valence-corrected chi connectivity index (χ4v) is 3.54. The summed E-state index contributed by atoms with van der Waals surface area (Å²) < 4.78 is 8.29. The molecule has 8 nitrogen and oxygen atoms in total. The Balaban J connectivity index is 1.93. The molecule has 3 heterocycles. The second-order valence-electron chi connectivity index (χ2n) is 8.04. The van der Waals surface area contributed by atoms with Crippen molar-refractivity contribution >= 4 is 17.3 Å². The van der Waals surface area contributed by atoms with E-state index in [1.54, 1.807) is 18.1 Å². The van der Waals surface area contributed by atoms with E-state index >= 15 is 0 Å². The minimum Gasteiger partial charge on any atom is -0.444 e. The van der Waals surface area contributed by atoms with E-state index in [2.05, 4.69) is 4.98 Å². The molecule has 0 aromatic carbocycles. The summed E-state index contributed by atoms with van der Waals surface area (Å²) in [6.07, 6.45) is 2.43. The first-order valence-corrected chi connectivity index (χ1v) is 9.15. The molecular formula is C19H26N4O4. The second kappa shape index (κ2) is 6.83. The van der Waals surface area contributed by atoms with E-state index in [9.17, 15) is 14.4 Å². The van der Waals surface area contributed by atoms with Crippen LogP contribution in [0.3, 0.4) is 0 Å². The van der Waals surface area contributed by atoms with Crippen LogP contribution in [-0.4, -0.2) is 43.8 Å². The predicted octanol–water partition coefficient (Wildman–Crippen LogP) is 1.98. The first kappa shape index (κ1) is 19.1. The normalized spacial score (nSPS) is 16.0. The molecule has 0 radical (unpaired) electrons. The molecule has 0 N–H and O–H groups in total. The Hall–Kier alpha value is -2.64. The summed E-state index contributed by atoms with van der Waals surface area (Å²) in [7, 11) is 1.59. The Morgan fingerprint density at radius 2 is 1.81 bits per heavy atom. The van der Waals surface area contributed by atoms with E-state index in [0.29, 0.717) is 37.1 Å².